The molecular formula is C10H17N3O3S. The molecule has 0 spiro atoms. The van der Waals surface area contributed by atoms with Gasteiger partial charge in [-0.2, -0.15) is 0 Å². The smallest absolute Gasteiger partial charge is 0.241 e. The summed E-state index contributed by atoms with van der Waals surface area (Å²) in [5.41, 5.74) is 1.44. The van der Waals surface area contributed by atoms with Crippen LogP contribution in [0.1, 0.15) is 24.1 Å². The van der Waals surface area contributed by atoms with Gasteiger partial charge >= 0.3 is 0 Å². The molecule has 0 saturated carbocycles. The molecule has 1 saturated heterocycles. The van der Waals surface area contributed by atoms with Crippen LogP contribution in [-0.2, 0) is 10.0 Å². The van der Waals surface area contributed by atoms with Crippen molar-refractivity contribution in [1.82, 2.24) is 10.5 Å². The molecule has 0 bridgehead atoms. The van der Waals surface area contributed by atoms with E-state index in [-0.39, 0.29) is 11.1 Å². The zero-order valence-corrected chi connectivity index (χ0v) is 10.8. The van der Waals surface area contributed by atoms with Crippen LogP contribution in [0.3, 0.4) is 0 Å². The molecule has 2 rings (SSSR count). The lowest BCUT2D eigenvalue weighted by Gasteiger charge is -2.22. The van der Waals surface area contributed by atoms with Gasteiger partial charge in [0.2, 0.25) is 15.9 Å². The first-order chi connectivity index (χ1) is 8.00. The first-order valence-electron chi connectivity index (χ1n) is 5.66. The maximum absolute atomic E-state index is 12.1. The third kappa shape index (κ3) is 2.61. The number of rotatable bonds is 3. The Bertz CT molecular complexity index is 489. The predicted molar refractivity (Wildman–Crippen MR) is 64.4 cm³/mol. The van der Waals surface area contributed by atoms with Crippen molar-refractivity contribution < 1.29 is 12.9 Å². The number of hydrogen-bond donors (Lipinski definition) is 2. The van der Waals surface area contributed by atoms with Crippen molar-refractivity contribution in [3.8, 4) is 0 Å². The first-order valence-corrected chi connectivity index (χ1v) is 7.20. The van der Waals surface area contributed by atoms with Crippen molar-refractivity contribution in [2.75, 3.05) is 17.8 Å². The molecule has 1 aliphatic rings. The van der Waals surface area contributed by atoms with Crippen molar-refractivity contribution in [3.63, 3.8) is 0 Å². The minimum atomic E-state index is -3.37. The summed E-state index contributed by atoms with van der Waals surface area (Å²) >= 11 is 0. The number of nitrogens with zero attached hydrogens (tertiary/aromatic N) is 1. The second-order valence-corrected chi connectivity index (χ2v) is 6.28. The maximum Gasteiger partial charge on any atom is 0.241 e. The fourth-order valence-corrected chi connectivity index (χ4v) is 3.30. The summed E-state index contributed by atoms with van der Waals surface area (Å²) in [5, 5.41) is 6.52. The van der Waals surface area contributed by atoms with Crippen molar-refractivity contribution in [2.24, 2.45) is 0 Å². The summed E-state index contributed by atoms with van der Waals surface area (Å²) < 4.78 is 31.6. The summed E-state index contributed by atoms with van der Waals surface area (Å²) in [4.78, 5) is 0. The molecule has 0 atom stereocenters. The summed E-state index contributed by atoms with van der Waals surface area (Å²) in [7, 11) is -3.37. The molecule has 96 valence electrons. The van der Waals surface area contributed by atoms with Gasteiger partial charge in [0.25, 0.3) is 0 Å². The molecule has 1 aliphatic heterocycles. The van der Waals surface area contributed by atoms with Crippen molar-refractivity contribution >= 4 is 15.9 Å². The monoisotopic (exact) mass is 259 g/mol. The lowest BCUT2D eigenvalue weighted by molar-refractivity contribution is 0.429. The van der Waals surface area contributed by atoms with Gasteiger partial charge in [0, 0.05) is 5.56 Å². The number of sulfonamides is 1. The highest BCUT2D eigenvalue weighted by Crippen LogP contribution is 2.22. The van der Waals surface area contributed by atoms with Crippen LogP contribution in [0.15, 0.2) is 4.52 Å². The molecule has 1 aromatic rings. The molecule has 0 aromatic carbocycles. The normalized spacial score (nSPS) is 18.2. The zero-order valence-electron chi connectivity index (χ0n) is 9.99. The minimum absolute atomic E-state index is 0.237. The molecule has 0 unspecified atom stereocenters. The average molecular weight is 259 g/mol. The van der Waals surface area contributed by atoms with E-state index in [0.717, 1.165) is 18.7 Å². The Morgan fingerprint density at radius 2 is 2.00 bits per heavy atom. The van der Waals surface area contributed by atoms with Crippen LogP contribution in [-0.4, -0.2) is 31.9 Å². The van der Waals surface area contributed by atoms with Crippen LogP contribution in [0.25, 0.3) is 0 Å². The van der Waals surface area contributed by atoms with Gasteiger partial charge in [-0.15, -0.1) is 0 Å². The Labute approximate surface area is 101 Å². The molecular weight excluding hydrogens is 242 g/mol. The summed E-state index contributed by atoms with van der Waals surface area (Å²) in [6, 6.07) is 0. The quantitative estimate of drug-likeness (QED) is 0.838. The van der Waals surface area contributed by atoms with Crippen molar-refractivity contribution in [2.45, 2.75) is 31.9 Å². The van der Waals surface area contributed by atoms with Gasteiger partial charge in [-0.1, -0.05) is 5.16 Å². The molecule has 7 heteroatoms. The lowest BCUT2D eigenvalue weighted by Crippen LogP contribution is -2.38. The van der Waals surface area contributed by atoms with Crippen molar-refractivity contribution in [1.29, 1.82) is 0 Å². The molecule has 0 aliphatic carbocycles. The van der Waals surface area contributed by atoms with E-state index in [2.05, 4.69) is 15.2 Å². The zero-order chi connectivity index (χ0) is 12.5. The molecule has 1 fully saturated rings. The second-order valence-electron chi connectivity index (χ2n) is 4.32. The summed E-state index contributed by atoms with van der Waals surface area (Å²) in [5.74, 6) is 0.237. The van der Waals surface area contributed by atoms with Gasteiger partial charge in [0.05, 0.1) is 10.9 Å². The highest BCUT2D eigenvalue weighted by atomic mass is 32.2. The highest BCUT2D eigenvalue weighted by Gasteiger charge is 2.28. The van der Waals surface area contributed by atoms with Gasteiger partial charge in [-0.25, -0.2) is 8.42 Å². The van der Waals surface area contributed by atoms with Gasteiger partial charge in [0.1, 0.15) is 0 Å². The standard InChI is InChI=1S/C10H17N3O3S/c1-7-8(2)12-16-10(7)13-17(14,15)9-3-5-11-6-4-9/h9,11,13H,3-6H2,1-2H3. The highest BCUT2D eigenvalue weighted by molar-refractivity contribution is 7.93. The third-order valence-electron chi connectivity index (χ3n) is 3.12. The van der Waals surface area contributed by atoms with Gasteiger partial charge in [-0.3, -0.25) is 4.72 Å². The van der Waals surface area contributed by atoms with E-state index in [9.17, 15) is 8.42 Å². The number of anilines is 1. The van der Waals surface area contributed by atoms with Crippen LogP contribution in [0.5, 0.6) is 0 Å². The van der Waals surface area contributed by atoms with E-state index in [0.29, 0.717) is 18.5 Å². The Morgan fingerprint density at radius 3 is 2.53 bits per heavy atom. The fourth-order valence-electron chi connectivity index (χ4n) is 1.83. The topological polar surface area (TPSA) is 84.2 Å². The number of piperidine rings is 1. The average Bonchev–Trinajstić information content (AvgIpc) is 2.62. The Morgan fingerprint density at radius 1 is 1.35 bits per heavy atom. The van der Waals surface area contributed by atoms with Crippen LogP contribution in [0.4, 0.5) is 5.88 Å². The Balaban J connectivity index is 2.14. The largest absolute Gasteiger partial charge is 0.337 e. The predicted octanol–water partition coefficient (Wildman–Crippen LogP) is 0.785. The van der Waals surface area contributed by atoms with Crippen LogP contribution in [0.2, 0.25) is 0 Å². The van der Waals surface area contributed by atoms with Crippen LogP contribution < -0.4 is 10.0 Å². The SMILES string of the molecule is Cc1noc(NS(=O)(=O)C2CCNCC2)c1C. The molecule has 2 heterocycles. The molecule has 0 radical (unpaired) electrons. The number of nitrogens with one attached hydrogen (secondary N) is 2. The molecule has 6 nitrogen and oxygen atoms in total. The van der Waals surface area contributed by atoms with E-state index in [1.807, 2.05) is 0 Å². The van der Waals surface area contributed by atoms with E-state index in [1.54, 1.807) is 13.8 Å². The number of aromatic nitrogens is 1. The maximum atomic E-state index is 12.1. The van der Waals surface area contributed by atoms with Gasteiger partial charge in [-0.05, 0) is 39.8 Å². The van der Waals surface area contributed by atoms with Crippen LogP contribution in [0, 0.1) is 13.8 Å². The molecule has 2 N–H and O–H groups in total. The summed E-state index contributed by atoms with van der Waals surface area (Å²) in [6.07, 6.45) is 1.25. The molecule has 0 amide bonds. The van der Waals surface area contributed by atoms with E-state index in [4.69, 9.17) is 4.52 Å². The minimum Gasteiger partial charge on any atom is -0.337 e. The van der Waals surface area contributed by atoms with Crippen molar-refractivity contribution in [3.05, 3.63) is 11.3 Å². The van der Waals surface area contributed by atoms with E-state index < -0.39 is 10.0 Å². The van der Waals surface area contributed by atoms with E-state index >= 15 is 0 Å². The van der Waals surface area contributed by atoms with E-state index in [1.165, 1.54) is 0 Å². The Hall–Kier alpha value is -1.08. The summed E-state index contributed by atoms with van der Waals surface area (Å²) in [6.45, 7) is 5.03. The molecule has 17 heavy (non-hydrogen) atoms. The third-order valence-corrected chi connectivity index (χ3v) is 4.94. The van der Waals surface area contributed by atoms with Crippen LogP contribution >= 0.6 is 0 Å². The lowest BCUT2D eigenvalue weighted by atomic mass is 10.2. The first kappa shape index (κ1) is 12.4. The Kier molecular flexibility index (Phi) is 3.39. The van der Waals surface area contributed by atoms with Gasteiger partial charge in [0.15, 0.2) is 0 Å². The number of aryl methyl sites for hydroxylation is 1. The fraction of sp³-hybridized carbons (Fsp3) is 0.700. The van der Waals surface area contributed by atoms with Gasteiger partial charge < -0.3 is 9.84 Å². The molecule has 1 aromatic heterocycles. The second kappa shape index (κ2) is 4.66. The number of hydrogen-bond acceptors (Lipinski definition) is 5.